The number of ether oxygens (including phenoxy) is 1. The number of hydrogen-bond acceptors (Lipinski definition) is 6. The molecule has 8 nitrogen and oxygen atoms in total. The van der Waals surface area contributed by atoms with Gasteiger partial charge in [0.2, 0.25) is 5.91 Å². The minimum absolute atomic E-state index is 0.0598. The van der Waals surface area contributed by atoms with Gasteiger partial charge in [0.1, 0.15) is 0 Å². The molecule has 1 unspecified atom stereocenters. The zero-order valence-electron chi connectivity index (χ0n) is 23.4. The van der Waals surface area contributed by atoms with Crippen LogP contribution in [0.25, 0.3) is 0 Å². The number of anilines is 1. The molecule has 0 spiro atoms. The van der Waals surface area contributed by atoms with Crippen molar-refractivity contribution in [3.63, 3.8) is 0 Å². The topological polar surface area (TPSA) is 100 Å². The summed E-state index contributed by atoms with van der Waals surface area (Å²) in [6.07, 6.45) is 8.52. The molecule has 0 bridgehead atoms. The van der Waals surface area contributed by atoms with Gasteiger partial charge in [-0.25, -0.2) is 4.79 Å². The molecule has 0 aromatic heterocycles. The lowest BCUT2D eigenvalue weighted by atomic mass is 9.91. The molecule has 0 saturated carbocycles. The SMILES string of the molecule is CCOC(=O)Nc1cccc(CC2CCN=C(c3ccc(CNC(=O)CN4CCCCC4)cc3)/C=C\C(=O)C2)c1. The minimum Gasteiger partial charge on any atom is -0.450 e. The fourth-order valence-corrected chi connectivity index (χ4v) is 5.17. The molecule has 1 atom stereocenters. The Hall–Kier alpha value is -3.78. The maximum Gasteiger partial charge on any atom is 0.411 e. The number of likely N-dealkylation sites (tertiary alicyclic amines) is 1. The van der Waals surface area contributed by atoms with E-state index in [1.165, 1.54) is 19.3 Å². The molecule has 2 aliphatic heterocycles. The number of nitrogens with zero attached hydrogens (tertiary/aromatic N) is 2. The first-order valence-corrected chi connectivity index (χ1v) is 14.3. The molecule has 8 heteroatoms. The Morgan fingerprint density at radius 3 is 2.60 bits per heavy atom. The highest BCUT2D eigenvalue weighted by atomic mass is 16.5. The van der Waals surface area contributed by atoms with E-state index >= 15 is 0 Å². The minimum atomic E-state index is -0.477. The monoisotopic (exact) mass is 544 g/mol. The number of ketones is 1. The Kier molecular flexibility index (Phi) is 11.0. The normalized spacial score (nSPS) is 19.0. The molecule has 2 heterocycles. The molecule has 212 valence electrons. The van der Waals surface area contributed by atoms with Gasteiger partial charge in [-0.05, 0) is 92.6 Å². The second-order valence-corrected chi connectivity index (χ2v) is 10.5. The average Bonchev–Trinajstić information content (AvgIpc) is 3.03. The fourth-order valence-electron chi connectivity index (χ4n) is 5.17. The lowest BCUT2D eigenvalue weighted by Crippen LogP contribution is -2.39. The van der Waals surface area contributed by atoms with Gasteiger partial charge < -0.3 is 10.1 Å². The van der Waals surface area contributed by atoms with Crippen molar-refractivity contribution in [2.45, 2.75) is 52.0 Å². The van der Waals surface area contributed by atoms with E-state index in [-0.39, 0.29) is 17.6 Å². The van der Waals surface area contributed by atoms with E-state index < -0.39 is 6.09 Å². The Morgan fingerprint density at radius 1 is 1.02 bits per heavy atom. The van der Waals surface area contributed by atoms with Crippen molar-refractivity contribution in [2.75, 3.05) is 38.1 Å². The van der Waals surface area contributed by atoms with Gasteiger partial charge in [0.15, 0.2) is 5.78 Å². The van der Waals surface area contributed by atoms with Crippen LogP contribution in [0.1, 0.15) is 55.7 Å². The molecule has 0 radical (unpaired) electrons. The lowest BCUT2D eigenvalue weighted by molar-refractivity contribution is -0.122. The number of rotatable bonds is 9. The summed E-state index contributed by atoms with van der Waals surface area (Å²) in [5.41, 5.74) is 4.49. The van der Waals surface area contributed by atoms with E-state index in [9.17, 15) is 14.4 Å². The van der Waals surface area contributed by atoms with E-state index in [0.717, 1.165) is 48.3 Å². The molecule has 40 heavy (non-hydrogen) atoms. The molecule has 0 aliphatic carbocycles. The van der Waals surface area contributed by atoms with Crippen molar-refractivity contribution in [2.24, 2.45) is 10.9 Å². The molecular formula is C32H40N4O4. The Morgan fingerprint density at radius 2 is 1.82 bits per heavy atom. The first-order valence-electron chi connectivity index (χ1n) is 14.3. The average molecular weight is 545 g/mol. The first-order chi connectivity index (χ1) is 19.5. The highest BCUT2D eigenvalue weighted by molar-refractivity contribution is 6.11. The van der Waals surface area contributed by atoms with Crippen molar-refractivity contribution in [1.29, 1.82) is 0 Å². The third-order valence-corrected chi connectivity index (χ3v) is 7.26. The van der Waals surface area contributed by atoms with Gasteiger partial charge in [-0.2, -0.15) is 0 Å². The van der Waals surface area contributed by atoms with Crippen molar-refractivity contribution in [3.8, 4) is 0 Å². The van der Waals surface area contributed by atoms with Crippen LogP contribution in [0.2, 0.25) is 0 Å². The summed E-state index contributed by atoms with van der Waals surface area (Å²) in [6.45, 7) is 5.66. The van der Waals surface area contributed by atoms with Crippen LogP contribution in [-0.4, -0.2) is 61.2 Å². The number of nitrogens with one attached hydrogen (secondary N) is 2. The summed E-state index contributed by atoms with van der Waals surface area (Å²) in [5, 5.41) is 5.76. The van der Waals surface area contributed by atoms with Crippen molar-refractivity contribution < 1.29 is 19.1 Å². The Labute approximate surface area is 236 Å². The van der Waals surface area contributed by atoms with Crippen LogP contribution in [0.4, 0.5) is 10.5 Å². The second-order valence-electron chi connectivity index (χ2n) is 10.5. The molecule has 2 N–H and O–H groups in total. The molecular weight excluding hydrogens is 504 g/mol. The molecule has 1 fully saturated rings. The predicted octanol–water partition coefficient (Wildman–Crippen LogP) is 4.92. The summed E-state index contributed by atoms with van der Waals surface area (Å²) in [6, 6.07) is 15.7. The van der Waals surface area contributed by atoms with Crippen LogP contribution >= 0.6 is 0 Å². The number of carbonyl (C=O) groups excluding carboxylic acids is 3. The van der Waals surface area contributed by atoms with Gasteiger partial charge in [0.05, 0.1) is 18.9 Å². The van der Waals surface area contributed by atoms with Crippen molar-refractivity contribution in [3.05, 3.63) is 77.4 Å². The van der Waals surface area contributed by atoms with Crippen molar-refractivity contribution >= 4 is 29.2 Å². The van der Waals surface area contributed by atoms with E-state index in [4.69, 9.17) is 9.73 Å². The summed E-state index contributed by atoms with van der Waals surface area (Å²) in [4.78, 5) is 43.8. The quantitative estimate of drug-likeness (QED) is 0.467. The van der Waals surface area contributed by atoms with Gasteiger partial charge in [-0.1, -0.05) is 42.8 Å². The summed E-state index contributed by atoms with van der Waals surface area (Å²) >= 11 is 0. The van der Waals surface area contributed by atoms with Crippen LogP contribution in [-0.2, 0) is 27.3 Å². The zero-order chi connectivity index (χ0) is 28.2. The highest BCUT2D eigenvalue weighted by Crippen LogP contribution is 2.21. The standard InChI is InChI=1S/C32H40N4O4/c1-2-40-32(39)35-28-8-6-7-25(20-28)19-26-15-16-33-30(14-13-29(37)21-26)27-11-9-24(10-12-27)22-34-31(38)23-36-17-4-3-5-18-36/h6-14,20,26H,2-5,15-19,21-23H2,1H3,(H,34,38)(H,35,39)/b14-13-,33-30?. The Balaban J connectivity index is 1.31. The largest absolute Gasteiger partial charge is 0.450 e. The summed E-state index contributed by atoms with van der Waals surface area (Å²) in [7, 11) is 0. The molecule has 2 aromatic rings. The number of hydrogen-bond donors (Lipinski definition) is 2. The third kappa shape index (κ3) is 9.45. The Bertz CT molecular complexity index is 1220. The van der Waals surface area contributed by atoms with E-state index in [0.29, 0.717) is 38.3 Å². The molecule has 4 rings (SSSR count). The second kappa shape index (κ2) is 15.1. The molecule has 2 aliphatic rings. The van der Waals surface area contributed by atoms with E-state index in [1.54, 1.807) is 13.0 Å². The molecule has 2 aromatic carbocycles. The van der Waals surface area contributed by atoms with Crippen molar-refractivity contribution in [1.82, 2.24) is 10.2 Å². The summed E-state index contributed by atoms with van der Waals surface area (Å²) < 4.78 is 4.96. The van der Waals surface area contributed by atoms with E-state index in [2.05, 4.69) is 15.5 Å². The van der Waals surface area contributed by atoms with Crippen LogP contribution < -0.4 is 10.6 Å². The number of benzene rings is 2. The number of aliphatic imine (C=N–C) groups is 1. The van der Waals surface area contributed by atoms with Gasteiger partial charge in [0, 0.05) is 25.2 Å². The number of amides is 2. The van der Waals surface area contributed by atoms with Crippen LogP contribution in [0.15, 0.2) is 65.7 Å². The van der Waals surface area contributed by atoms with Gasteiger partial charge in [0.25, 0.3) is 0 Å². The lowest BCUT2D eigenvalue weighted by Gasteiger charge is -2.25. The molecule has 2 amide bonds. The van der Waals surface area contributed by atoms with Crippen LogP contribution in [0, 0.1) is 5.92 Å². The predicted molar refractivity (Wildman–Crippen MR) is 158 cm³/mol. The third-order valence-electron chi connectivity index (χ3n) is 7.26. The molecule has 1 saturated heterocycles. The maximum absolute atomic E-state index is 12.7. The van der Waals surface area contributed by atoms with E-state index in [1.807, 2.05) is 54.6 Å². The van der Waals surface area contributed by atoms with Gasteiger partial charge in [-0.15, -0.1) is 0 Å². The number of carbonyl (C=O) groups is 3. The fraction of sp³-hybridized carbons (Fsp3) is 0.438. The van der Waals surface area contributed by atoms with Gasteiger partial charge >= 0.3 is 6.09 Å². The van der Waals surface area contributed by atoms with Gasteiger partial charge in [-0.3, -0.25) is 24.8 Å². The first kappa shape index (κ1) is 29.2. The van der Waals surface area contributed by atoms with Crippen LogP contribution in [0.3, 0.4) is 0 Å². The highest BCUT2D eigenvalue weighted by Gasteiger charge is 2.17. The number of allylic oxidation sites excluding steroid dienone is 2. The zero-order valence-corrected chi connectivity index (χ0v) is 23.4. The maximum atomic E-state index is 12.7. The summed E-state index contributed by atoms with van der Waals surface area (Å²) in [5.74, 6) is 0.284. The van der Waals surface area contributed by atoms with Crippen LogP contribution in [0.5, 0.6) is 0 Å². The number of piperidine rings is 1. The smallest absolute Gasteiger partial charge is 0.411 e.